The van der Waals surface area contributed by atoms with Gasteiger partial charge < -0.3 is 10.2 Å². The molecule has 2 aromatic carbocycles. The van der Waals surface area contributed by atoms with E-state index in [2.05, 4.69) is 88.5 Å². The zero-order chi connectivity index (χ0) is 14.9. The number of rotatable bonds is 2. The van der Waals surface area contributed by atoms with E-state index < -0.39 is 0 Å². The monoisotopic (exact) mass is 344 g/mol. The molecule has 21 heavy (non-hydrogen) atoms. The normalized spacial score (nSPS) is 22.3. The third kappa shape index (κ3) is 2.99. The Labute approximate surface area is 135 Å². The molecule has 1 unspecified atom stereocenters. The van der Waals surface area contributed by atoms with Gasteiger partial charge in [-0.15, -0.1) is 0 Å². The molecule has 0 amide bonds. The van der Waals surface area contributed by atoms with Crippen LogP contribution < -0.4 is 10.2 Å². The number of halogens is 1. The fourth-order valence-corrected chi connectivity index (χ4v) is 3.55. The van der Waals surface area contributed by atoms with Crippen LogP contribution in [0.3, 0.4) is 0 Å². The number of nitrogens with one attached hydrogen (secondary N) is 1. The van der Waals surface area contributed by atoms with Crippen LogP contribution in [0.1, 0.15) is 18.1 Å². The zero-order valence-corrected chi connectivity index (χ0v) is 14.2. The van der Waals surface area contributed by atoms with Gasteiger partial charge in [0.2, 0.25) is 0 Å². The lowest BCUT2D eigenvalue weighted by Gasteiger charge is -2.43. The lowest BCUT2D eigenvalue weighted by atomic mass is 9.89. The molecule has 0 spiro atoms. The molecule has 1 aliphatic heterocycles. The van der Waals surface area contributed by atoms with Crippen LogP contribution in [-0.2, 0) is 5.54 Å². The predicted molar refractivity (Wildman–Crippen MR) is 92.9 cm³/mol. The Kier molecular flexibility index (Phi) is 4.05. The molecule has 1 atom stereocenters. The van der Waals surface area contributed by atoms with Crippen molar-refractivity contribution in [3.05, 3.63) is 64.1 Å². The SMILES string of the molecule is Cc1ccc(Br)c(N2CCNC(C)(c3ccccc3)C2)c1. The molecule has 0 aliphatic carbocycles. The molecule has 0 bridgehead atoms. The molecule has 1 aliphatic rings. The van der Waals surface area contributed by atoms with Crippen LogP contribution in [0.2, 0.25) is 0 Å². The van der Waals surface area contributed by atoms with Crippen molar-refractivity contribution in [1.29, 1.82) is 0 Å². The van der Waals surface area contributed by atoms with Crippen molar-refractivity contribution < 1.29 is 0 Å². The zero-order valence-electron chi connectivity index (χ0n) is 12.6. The minimum atomic E-state index is -0.0112. The third-order valence-electron chi connectivity index (χ3n) is 4.26. The number of aryl methyl sites for hydroxylation is 1. The van der Waals surface area contributed by atoms with Gasteiger partial charge in [-0.25, -0.2) is 0 Å². The Hall–Kier alpha value is -1.32. The summed E-state index contributed by atoms with van der Waals surface area (Å²) in [6.07, 6.45) is 0. The quantitative estimate of drug-likeness (QED) is 0.882. The lowest BCUT2D eigenvalue weighted by Crippen LogP contribution is -2.56. The van der Waals surface area contributed by atoms with E-state index in [1.165, 1.54) is 21.3 Å². The number of anilines is 1. The lowest BCUT2D eigenvalue weighted by molar-refractivity contribution is 0.332. The van der Waals surface area contributed by atoms with Gasteiger partial charge in [-0.2, -0.15) is 0 Å². The minimum absolute atomic E-state index is 0.0112. The molecule has 3 heteroatoms. The number of nitrogens with zero attached hydrogens (tertiary/aromatic N) is 1. The summed E-state index contributed by atoms with van der Waals surface area (Å²) < 4.78 is 1.17. The van der Waals surface area contributed by atoms with Crippen molar-refractivity contribution in [1.82, 2.24) is 5.32 Å². The molecule has 110 valence electrons. The topological polar surface area (TPSA) is 15.3 Å². The maximum atomic E-state index is 3.70. The van der Waals surface area contributed by atoms with Gasteiger partial charge in [0.25, 0.3) is 0 Å². The van der Waals surface area contributed by atoms with E-state index in [0.29, 0.717) is 0 Å². The predicted octanol–water partition coefficient (Wildman–Crippen LogP) is 4.08. The van der Waals surface area contributed by atoms with Gasteiger partial charge in [0, 0.05) is 24.1 Å². The second-order valence-corrected chi connectivity index (χ2v) is 6.86. The Morgan fingerprint density at radius 2 is 1.90 bits per heavy atom. The molecular formula is C18H21BrN2. The first-order valence-electron chi connectivity index (χ1n) is 7.40. The van der Waals surface area contributed by atoms with Crippen LogP contribution in [0.5, 0.6) is 0 Å². The Balaban J connectivity index is 1.91. The highest BCUT2D eigenvalue weighted by atomic mass is 79.9. The second-order valence-electron chi connectivity index (χ2n) is 6.00. The third-order valence-corrected chi connectivity index (χ3v) is 4.93. The van der Waals surface area contributed by atoms with Crippen molar-refractivity contribution in [2.45, 2.75) is 19.4 Å². The van der Waals surface area contributed by atoms with Gasteiger partial charge in [-0.1, -0.05) is 36.4 Å². The molecule has 1 saturated heterocycles. The minimum Gasteiger partial charge on any atom is -0.367 e. The number of benzene rings is 2. The van der Waals surface area contributed by atoms with Crippen LogP contribution in [0.4, 0.5) is 5.69 Å². The first-order valence-corrected chi connectivity index (χ1v) is 8.19. The summed E-state index contributed by atoms with van der Waals surface area (Å²) in [5, 5.41) is 3.69. The molecule has 1 heterocycles. The highest BCUT2D eigenvalue weighted by molar-refractivity contribution is 9.10. The van der Waals surface area contributed by atoms with Crippen molar-refractivity contribution >= 4 is 21.6 Å². The maximum Gasteiger partial charge on any atom is 0.0584 e. The average Bonchev–Trinajstić information content (AvgIpc) is 2.51. The molecule has 3 rings (SSSR count). The van der Waals surface area contributed by atoms with Gasteiger partial charge >= 0.3 is 0 Å². The summed E-state index contributed by atoms with van der Waals surface area (Å²) in [6, 6.07) is 17.3. The molecular weight excluding hydrogens is 324 g/mol. The van der Waals surface area contributed by atoms with Crippen molar-refractivity contribution in [3.63, 3.8) is 0 Å². The summed E-state index contributed by atoms with van der Waals surface area (Å²) in [5.41, 5.74) is 3.92. The average molecular weight is 345 g/mol. The van der Waals surface area contributed by atoms with Crippen LogP contribution >= 0.6 is 15.9 Å². The van der Waals surface area contributed by atoms with Crippen LogP contribution in [0, 0.1) is 6.92 Å². The highest BCUT2D eigenvalue weighted by Gasteiger charge is 2.32. The summed E-state index contributed by atoms with van der Waals surface area (Å²) in [6.45, 7) is 7.43. The van der Waals surface area contributed by atoms with E-state index in [0.717, 1.165) is 19.6 Å². The van der Waals surface area contributed by atoms with Gasteiger partial charge in [0.05, 0.1) is 11.2 Å². The number of hydrogen-bond donors (Lipinski definition) is 1. The summed E-state index contributed by atoms with van der Waals surface area (Å²) in [7, 11) is 0. The smallest absolute Gasteiger partial charge is 0.0584 e. The van der Waals surface area contributed by atoms with E-state index in [-0.39, 0.29) is 5.54 Å². The van der Waals surface area contributed by atoms with E-state index in [4.69, 9.17) is 0 Å². The summed E-state index contributed by atoms with van der Waals surface area (Å²) >= 11 is 3.70. The molecule has 0 saturated carbocycles. The van der Waals surface area contributed by atoms with E-state index in [9.17, 15) is 0 Å². The second kappa shape index (κ2) is 5.82. The van der Waals surface area contributed by atoms with Crippen LogP contribution in [0.25, 0.3) is 0 Å². The first-order chi connectivity index (χ1) is 10.1. The van der Waals surface area contributed by atoms with Crippen molar-refractivity contribution in [2.75, 3.05) is 24.5 Å². The fraction of sp³-hybridized carbons (Fsp3) is 0.333. The largest absolute Gasteiger partial charge is 0.367 e. The van der Waals surface area contributed by atoms with Crippen LogP contribution in [-0.4, -0.2) is 19.6 Å². The standard InChI is InChI=1S/C18H21BrN2/c1-14-8-9-16(19)17(12-14)21-11-10-20-18(2,13-21)15-6-4-3-5-7-15/h3-9,12,20H,10-11,13H2,1-2H3. The molecule has 2 nitrogen and oxygen atoms in total. The molecule has 2 aromatic rings. The Morgan fingerprint density at radius 3 is 2.67 bits per heavy atom. The van der Waals surface area contributed by atoms with E-state index in [1.54, 1.807) is 0 Å². The number of hydrogen-bond acceptors (Lipinski definition) is 2. The Morgan fingerprint density at radius 1 is 1.14 bits per heavy atom. The van der Waals surface area contributed by atoms with Gasteiger partial charge in [-0.05, 0) is 53.0 Å². The molecule has 0 aromatic heterocycles. The van der Waals surface area contributed by atoms with Gasteiger partial charge in [0.1, 0.15) is 0 Å². The maximum absolute atomic E-state index is 3.70. The first kappa shape index (κ1) is 14.6. The highest BCUT2D eigenvalue weighted by Crippen LogP contribution is 2.32. The van der Waals surface area contributed by atoms with Crippen molar-refractivity contribution in [2.24, 2.45) is 0 Å². The van der Waals surface area contributed by atoms with Gasteiger partial charge in [0.15, 0.2) is 0 Å². The van der Waals surface area contributed by atoms with E-state index >= 15 is 0 Å². The van der Waals surface area contributed by atoms with Crippen molar-refractivity contribution in [3.8, 4) is 0 Å². The van der Waals surface area contributed by atoms with E-state index in [1.807, 2.05) is 0 Å². The molecule has 1 N–H and O–H groups in total. The molecule has 0 radical (unpaired) electrons. The molecule has 1 fully saturated rings. The van der Waals surface area contributed by atoms with Crippen LogP contribution in [0.15, 0.2) is 53.0 Å². The number of piperazine rings is 1. The summed E-state index contributed by atoms with van der Waals surface area (Å²) in [5.74, 6) is 0. The fourth-order valence-electron chi connectivity index (χ4n) is 3.05. The van der Waals surface area contributed by atoms with Gasteiger partial charge in [-0.3, -0.25) is 0 Å². The Bertz CT molecular complexity index is 626. The summed E-state index contributed by atoms with van der Waals surface area (Å²) in [4.78, 5) is 2.47.